The van der Waals surface area contributed by atoms with Crippen molar-refractivity contribution in [2.75, 3.05) is 25.2 Å². The van der Waals surface area contributed by atoms with E-state index in [1.165, 1.54) is 24.1 Å². The minimum atomic E-state index is -0.966. The summed E-state index contributed by atoms with van der Waals surface area (Å²) in [5.41, 5.74) is -0.0864. The number of carboxylic acid groups (broad SMARTS) is 1. The van der Waals surface area contributed by atoms with Crippen molar-refractivity contribution in [1.29, 1.82) is 0 Å². The molecule has 1 aliphatic heterocycles. The molecular formula is C14H16FNO4S. The number of carbonyl (C=O) groups is 2. The summed E-state index contributed by atoms with van der Waals surface area (Å²) in [6.07, 6.45) is -0.135. The number of benzene rings is 1. The van der Waals surface area contributed by atoms with Crippen molar-refractivity contribution in [3.63, 3.8) is 0 Å². The van der Waals surface area contributed by atoms with Gasteiger partial charge in [-0.1, -0.05) is 6.07 Å². The Morgan fingerprint density at radius 2 is 2.29 bits per heavy atom. The Morgan fingerprint density at radius 3 is 2.95 bits per heavy atom. The van der Waals surface area contributed by atoms with Crippen LogP contribution in [0.2, 0.25) is 0 Å². The number of amides is 1. The van der Waals surface area contributed by atoms with Gasteiger partial charge >= 0.3 is 5.97 Å². The molecule has 1 unspecified atom stereocenters. The average Bonchev–Trinajstić information content (AvgIpc) is 2.47. The number of halogens is 1. The maximum Gasteiger partial charge on any atom is 0.305 e. The summed E-state index contributed by atoms with van der Waals surface area (Å²) in [4.78, 5) is 24.9. The molecule has 5 nitrogen and oxygen atoms in total. The fourth-order valence-electron chi connectivity index (χ4n) is 2.28. The SMILES string of the molecule is COc1cccc(C(=O)N2CCSCC2CC(=O)O)c1F. The van der Waals surface area contributed by atoms with Gasteiger partial charge in [0.1, 0.15) is 0 Å². The maximum atomic E-state index is 14.2. The normalized spacial score (nSPS) is 18.4. The highest BCUT2D eigenvalue weighted by Crippen LogP contribution is 2.25. The molecule has 1 aromatic carbocycles. The molecule has 1 N–H and O–H groups in total. The van der Waals surface area contributed by atoms with Gasteiger partial charge in [0.05, 0.1) is 25.1 Å². The topological polar surface area (TPSA) is 66.8 Å². The molecule has 1 aliphatic rings. The average molecular weight is 313 g/mol. The van der Waals surface area contributed by atoms with Gasteiger partial charge in [0.15, 0.2) is 11.6 Å². The van der Waals surface area contributed by atoms with E-state index >= 15 is 0 Å². The summed E-state index contributed by atoms with van der Waals surface area (Å²) in [7, 11) is 1.33. The molecule has 21 heavy (non-hydrogen) atoms. The van der Waals surface area contributed by atoms with Crippen LogP contribution < -0.4 is 4.74 Å². The molecule has 1 amide bonds. The monoisotopic (exact) mass is 313 g/mol. The van der Waals surface area contributed by atoms with Gasteiger partial charge in [0.25, 0.3) is 5.91 Å². The molecule has 1 atom stereocenters. The molecule has 0 saturated carbocycles. The number of rotatable bonds is 4. The summed E-state index contributed by atoms with van der Waals surface area (Å²) in [6.45, 7) is 0.415. The summed E-state index contributed by atoms with van der Waals surface area (Å²) in [5.74, 6) is -0.902. The Bertz CT molecular complexity index is 552. The first kappa shape index (κ1) is 15.6. The first-order chi connectivity index (χ1) is 10.0. The van der Waals surface area contributed by atoms with Crippen LogP contribution in [0.15, 0.2) is 18.2 Å². The van der Waals surface area contributed by atoms with Gasteiger partial charge in [-0.05, 0) is 12.1 Å². The summed E-state index contributed by atoms with van der Waals surface area (Å²) >= 11 is 1.60. The third-order valence-corrected chi connectivity index (χ3v) is 4.40. The number of carboxylic acids is 1. The Morgan fingerprint density at radius 1 is 1.52 bits per heavy atom. The highest BCUT2D eigenvalue weighted by atomic mass is 32.2. The van der Waals surface area contributed by atoms with E-state index in [2.05, 4.69) is 0 Å². The summed E-state index contributed by atoms with van der Waals surface area (Å²) in [5, 5.41) is 8.93. The van der Waals surface area contributed by atoms with Crippen LogP contribution >= 0.6 is 11.8 Å². The number of aliphatic carboxylic acids is 1. The molecule has 0 bridgehead atoms. The van der Waals surface area contributed by atoms with E-state index in [1.807, 2.05) is 0 Å². The van der Waals surface area contributed by atoms with Crippen molar-refractivity contribution in [2.45, 2.75) is 12.5 Å². The molecule has 0 spiro atoms. The molecular weight excluding hydrogens is 297 g/mol. The van der Waals surface area contributed by atoms with Crippen LogP contribution in [-0.2, 0) is 4.79 Å². The minimum absolute atomic E-state index is 0.00187. The van der Waals surface area contributed by atoms with Crippen LogP contribution in [0.4, 0.5) is 4.39 Å². The molecule has 1 aromatic rings. The second-order valence-corrected chi connectivity index (χ2v) is 5.80. The van der Waals surface area contributed by atoms with Crippen molar-refractivity contribution < 1.29 is 23.8 Å². The van der Waals surface area contributed by atoms with Gasteiger partial charge in [-0.3, -0.25) is 9.59 Å². The van der Waals surface area contributed by atoms with E-state index in [4.69, 9.17) is 9.84 Å². The molecule has 1 fully saturated rings. The van der Waals surface area contributed by atoms with E-state index in [0.717, 1.165) is 0 Å². The molecule has 0 aliphatic carbocycles. The van der Waals surface area contributed by atoms with Crippen LogP contribution in [0.25, 0.3) is 0 Å². The first-order valence-corrected chi connectivity index (χ1v) is 7.63. The van der Waals surface area contributed by atoms with Gasteiger partial charge < -0.3 is 14.7 Å². The number of hydrogen-bond donors (Lipinski definition) is 1. The van der Waals surface area contributed by atoms with Crippen LogP contribution in [0.5, 0.6) is 5.75 Å². The second-order valence-electron chi connectivity index (χ2n) is 4.65. The Balaban J connectivity index is 2.26. The lowest BCUT2D eigenvalue weighted by molar-refractivity contribution is -0.138. The molecule has 114 valence electrons. The molecule has 1 saturated heterocycles. The number of carbonyl (C=O) groups excluding carboxylic acids is 1. The lowest BCUT2D eigenvalue weighted by Crippen LogP contribution is -2.47. The standard InChI is InChI=1S/C14H16FNO4S/c1-20-11-4-2-3-10(13(11)15)14(19)16-5-6-21-8-9(16)7-12(17)18/h2-4,9H,5-8H2,1H3,(H,17,18). The van der Waals surface area contributed by atoms with Gasteiger partial charge in [0.2, 0.25) is 0 Å². The first-order valence-electron chi connectivity index (χ1n) is 6.47. The molecule has 0 radical (unpaired) electrons. The quantitative estimate of drug-likeness (QED) is 0.919. The van der Waals surface area contributed by atoms with Gasteiger partial charge in [-0.2, -0.15) is 11.8 Å². The van der Waals surface area contributed by atoms with Gasteiger partial charge in [0, 0.05) is 18.1 Å². The molecule has 1 heterocycles. The van der Waals surface area contributed by atoms with E-state index in [1.54, 1.807) is 17.8 Å². The fourth-order valence-corrected chi connectivity index (χ4v) is 3.34. The van der Waals surface area contributed by atoms with Crippen molar-refractivity contribution in [3.05, 3.63) is 29.6 Å². The molecule has 2 rings (SSSR count). The van der Waals surface area contributed by atoms with Crippen molar-refractivity contribution in [2.24, 2.45) is 0 Å². The van der Waals surface area contributed by atoms with Crippen LogP contribution in [0.1, 0.15) is 16.8 Å². The third-order valence-electron chi connectivity index (χ3n) is 3.31. The number of ether oxygens (including phenoxy) is 1. The van der Waals surface area contributed by atoms with E-state index < -0.39 is 23.7 Å². The number of methoxy groups -OCH3 is 1. The minimum Gasteiger partial charge on any atom is -0.494 e. The zero-order valence-electron chi connectivity index (χ0n) is 11.5. The number of nitrogens with zero attached hydrogens (tertiary/aromatic N) is 1. The van der Waals surface area contributed by atoms with Gasteiger partial charge in [-0.15, -0.1) is 0 Å². The van der Waals surface area contributed by atoms with Crippen LogP contribution in [0, 0.1) is 5.82 Å². The Hall–Kier alpha value is -1.76. The van der Waals surface area contributed by atoms with Crippen molar-refractivity contribution in [1.82, 2.24) is 4.90 Å². The predicted molar refractivity (Wildman–Crippen MR) is 77.4 cm³/mol. The largest absolute Gasteiger partial charge is 0.494 e. The second kappa shape index (κ2) is 6.80. The Kier molecular flexibility index (Phi) is 5.06. The van der Waals surface area contributed by atoms with E-state index in [9.17, 15) is 14.0 Å². The zero-order valence-corrected chi connectivity index (χ0v) is 12.4. The van der Waals surface area contributed by atoms with Crippen molar-refractivity contribution in [3.8, 4) is 5.75 Å². The fraction of sp³-hybridized carbons (Fsp3) is 0.429. The number of hydrogen-bond acceptors (Lipinski definition) is 4. The van der Waals surface area contributed by atoms with Crippen molar-refractivity contribution >= 4 is 23.6 Å². The highest BCUT2D eigenvalue weighted by Gasteiger charge is 2.31. The maximum absolute atomic E-state index is 14.2. The predicted octanol–water partition coefficient (Wildman–Crippen LogP) is 1.87. The van der Waals surface area contributed by atoms with E-state index in [-0.39, 0.29) is 17.7 Å². The lowest BCUT2D eigenvalue weighted by atomic mass is 10.1. The molecule has 7 heteroatoms. The molecule has 0 aromatic heterocycles. The smallest absolute Gasteiger partial charge is 0.305 e. The summed E-state index contributed by atoms with van der Waals surface area (Å²) in [6, 6.07) is 3.95. The highest BCUT2D eigenvalue weighted by molar-refractivity contribution is 7.99. The van der Waals surface area contributed by atoms with Gasteiger partial charge in [-0.25, -0.2) is 4.39 Å². The summed E-state index contributed by atoms with van der Waals surface area (Å²) < 4.78 is 19.0. The Labute approximate surface area is 126 Å². The third kappa shape index (κ3) is 3.47. The van der Waals surface area contributed by atoms with E-state index in [0.29, 0.717) is 18.1 Å². The number of thioether (sulfide) groups is 1. The zero-order chi connectivity index (χ0) is 15.4. The van der Waals surface area contributed by atoms with Crippen LogP contribution in [0.3, 0.4) is 0 Å². The lowest BCUT2D eigenvalue weighted by Gasteiger charge is -2.34. The van der Waals surface area contributed by atoms with Crippen LogP contribution in [-0.4, -0.2) is 53.1 Å².